The molecule has 14 heavy (non-hydrogen) atoms. The molecule has 0 saturated carbocycles. The molecular weight excluding hydrogens is 185 g/mol. The molecule has 3 nitrogen and oxygen atoms in total. The average molecular weight is 195 g/mol. The zero-order chi connectivity index (χ0) is 10.1. The molecule has 1 aromatic carbocycles. The van der Waals surface area contributed by atoms with Crippen LogP contribution in [0, 0.1) is 5.82 Å². The van der Waals surface area contributed by atoms with Crippen molar-refractivity contribution in [3.8, 4) is 5.75 Å². The number of hydrogen-bond acceptors (Lipinski definition) is 3. The zero-order valence-electron chi connectivity index (χ0n) is 7.46. The highest BCUT2D eigenvalue weighted by Gasteiger charge is 2.12. The van der Waals surface area contributed by atoms with Crippen molar-refractivity contribution in [1.29, 1.82) is 0 Å². The van der Waals surface area contributed by atoms with Gasteiger partial charge in [0.05, 0.1) is 5.39 Å². The molecule has 4 heteroatoms. The van der Waals surface area contributed by atoms with E-state index in [0.717, 1.165) is 0 Å². The van der Waals surface area contributed by atoms with Crippen LogP contribution in [0.5, 0.6) is 5.75 Å². The van der Waals surface area contributed by atoms with Crippen LogP contribution in [0.2, 0.25) is 0 Å². The number of rotatable bonds is 2. The second-order valence-corrected chi connectivity index (χ2v) is 3.05. The Kier molecular flexibility index (Phi) is 2.13. The second kappa shape index (κ2) is 3.31. The van der Waals surface area contributed by atoms with Gasteiger partial charge in [-0.25, -0.2) is 4.39 Å². The molecule has 74 valence electrons. The largest absolute Gasteiger partial charge is 0.504 e. The normalized spacial score (nSPS) is 11.0. The fourth-order valence-electron chi connectivity index (χ4n) is 1.41. The number of aromatic hydroxyl groups is 1. The van der Waals surface area contributed by atoms with Gasteiger partial charge in [-0.15, -0.1) is 0 Å². The first kappa shape index (κ1) is 9.02. The van der Waals surface area contributed by atoms with E-state index in [4.69, 9.17) is 10.2 Å². The summed E-state index contributed by atoms with van der Waals surface area (Å²) in [7, 11) is 0. The predicted octanol–water partition coefficient (Wildman–Crippen LogP) is 1.78. The molecule has 3 N–H and O–H groups in total. The van der Waals surface area contributed by atoms with E-state index in [1.807, 2.05) is 0 Å². The summed E-state index contributed by atoms with van der Waals surface area (Å²) < 4.78 is 18.1. The van der Waals surface area contributed by atoms with Crippen molar-refractivity contribution in [2.24, 2.45) is 5.73 Å². The van der Waals surface area contributed by atoms with E-state index in [-0.39, 0.29) is 5.75 Å². The topological polar surface area (TPSA) is 59.4 Å². The van der Waals surface area contributed by atoms with Gasteiger partial charge >= 0.3 is 0 Å². The maximum atomic E-state index is 12.8. The Morgan fingerprint density at radius 3 is 2.93 bits per heavy atom. The van der Waals surface area contributed by atoms with Crippen LogP contribution in [0.15, 0.2) is 22.6 Å². The Bertz CT molecular complexity index is 464. The number of fused-ring (bicyclic) bond motifs is 1. The van der Waals surface area contributed by atoms with Crippen molar-refractivity contribution in [3.05, 3.63) is 29.8 Å². The summed E-state index contributed by atoms with van der Waals surface area (Å²) in [5.74, 6) is 0.00551. The number of halogens is 1. The first-order chi connectivity index (χ1) is 6.72. The van der Waals surface area contributed by atoms with Gasteiger partial charge in [0.15, 0.2) is 5.75 Å². The summed E-state index contributed by atoms with van der Waals surface area (Å²) in [5.41, 5.74) is 5.82. The van der Waals surface area contributed by atoms with Gasteiger partial charge in [0.1, 0.15) is 17.2 Å². The molecule has 0 aliphatic rings. The summed E-state index contributed by atoms with van der Waals surface area (Å²) in [6.45, 7) is 0.385. The smallest absolute Gasteiger partial charge is 0.165 e. The van der Waals surface area contributed by atoms with Crippen LogP contribution in [0.4, 0.5) is 4.39 Å². The summed E-state index contributed by atoms with van der Waals surface area (Å²) in [5, 5.41) is 10.0. The lowest BCUT2D eigenvalue weighted by molar-refractivity contribution is 0.441. The van der Waals surface area contributed by atoms with Gasteiger partial charge in [0.2, 0.25) is 0 Å². The van der Waals surface area contributed by atoms with Gasteiger partial charge in [0, 0.05) is 6.42 Å². The van der Waals surface area contributed by atoms with E-state index >= 15 is 0 Å². The molecule has 0 fully saturated rings. The van der Waals surface area contributed by atoms with E-state index in [1.54, 1.807) is 0 Å². The minimum atomic E-state index is -0.395. The highest BCUT2D eigenvalue weighted by Crippen LogP contribution is 2.32. The minimum Gasteiger partial charge on any atom is -0.504 e. The van der Waals surface area contributed by atoms with Crippen LogP contribution in [-0.2, 0) is 6.42 Å². The van der Waals surface area contributed by atoms with Crippen molar-refractivity contribution in [2.75, 3.05) is 6.54 Å². The molecule has 0 atom stereocenters. The lowest BCUT2D eigenvalue weighted by Crippen LogP contribution is -2.01. The van der Waals surface area contributed by atoms with Crippen molar-refractivity contribution in [3.63, 3.8) is 0 Å². The highest BCUT2D eigenvalue weighted by atomic mass is 19.1. The molecule has 1 heterocycles. The lowest BCUT2D eigenvalue weighted by Gasteiger charge is -1.91. The SMILES string of the molecule is NCCc1oc2ccc(F)cc2c1O. The van der Waals surface area contributed by atoms with E-state index < -0.39 is 5.82 Å². The molecule has 2 rings (SSSR count). The average Bonchev–Trinajstić information content (AvgIpc) is 2.46. The predicted molar refractivity (Wildman–Crippen MR) is 50.6 cm³/mol. The van der Waals surface area contributed by atoms with Gasteiger partial charge in [0.25, 0.3) is 0 Å². The Hall–Kier alpha value is -1.55. The monoisotopic (exact) mass is 195 g/mol. The molecule has 0 aliphatic carbocycles. The van der Waals surface area contributed by atoms with E-state index in [9.17, 15) is 9.50 Å². The van der Waals surface area contributed by atoms with Gasteiger partial charge in [-0.3, -0.25) is 0 Å². The maximum Gasteiger partial charge on any atom is 0.165 e. The zero-order valence-corrected chi connectivity index (χ0v) is 7.46. The van der Waals surface area contributed by atoms with Crippen molar-refractivity contribution in [1.82, 2.24) is 0 Å². The van der Waals surface area contributed by atoms with Gasteiger partial charge < -0.3 is 15.3 Å². The van der Waals surface area contributed by atoms with Crippen molar-refractivity contribution in [2.45, 2.75) is 6.42 Å². The maximum absolute atomic E-state index is 12.8. The van der Waals surface area contributed by atoms with Crippen LogP contribution in [0.3, 0.4) is 0 Å². The Morgan fingerprint density at radius 1 is 1.43 bits per heavy atom. The highest BCUT2D eigenvalue weighted by molar-refractivity contribution is 5.85. The molecule has 0 unspecified atom stereocenters. The quantitative estimate of drug-likeness (QED) is 0.767. The van der Waals surface area contributed by atoms with Crippen LogP contribution in [0.1, 0.15) is 5.76 Å². The molecule has 0 spiro atoms. The number of furan rings is 1. The van der Waals surface area contributed by atoms with Gasteiger partial charge in [-0.05, 0) is 24.7 Å². The van der Waals surface area contributed by atoms with Crippen LogP contribution < -0.4 is 5.73 Å². The fourth-order valence-corrected chi connectivity index (χ4v) is 1.41. The van der Waals surface area contributed by atoms with Crippen LogP contribution in [0.25, 0.3) is 11.0 Å². The fraction of sp³-hybridized carbons (Fsp3) is 0.200. The molecule has 0 aliphatic heterocycles. The Balaban J connectivity index is 2.62. The molecule has 0 amide bonds. The third-order valence-corrected chi connectivity index (χ3v) is 2.07. The first-order valence-electron chi connectivity index (χ1n) is 4.32. The molecule has 0 saturated heterocycles. The van der Waals surface area contributed by atoms with E-state index in [0.29, 0.717) is 29.7 Å². The lowest BCUT2D eigenvalue weighted by atomic mass is 10.2. The van der Waals surface area contributed by atoms with Crippen LogP contribution in [-0.4, -0.2) is 11.7 Å². The van der Waals surface area contributed by atoms with Gasteiger partial charge in [-0.1, -0.05) is 0 Å². The minimum absolute atomic E-state index is 0.00931. The standard InChI is InChI=1S/C10H10FNO2/c11-6-1-2-8-7(5-6)10(13)9(14-8)3-4-12/h1-2,5,13H,3-4,12H2. The number of nitrogens with two attached hydrogens (primary N) is 1. The van der Waals surface area contributed by atoms with E-state index in [2.05, 4.69) is 0 Å². The summed E-state index contributed by atoms with van der Waals surface area (Å²) >= 11 is 0. The number of benzene rings is 1. The number of hydrogen-bond donors (Lipinski definition) is 2. The first-order valence-corrected chi connectivity index (χ1v) is 4.32. The third kappa shape index (κ3) is 1.33. The van der Waals surface area contributed by atoms with Gasteiger partial charge in [-0.2, -0.15) is 0 Å². The molecule has 0 bridgehead atoms. The second-order valence-electron chi connectivity index (χ2n) is 3.05. The van der Waals surface area contributed by atoms with E-state index in [1.165, 1.54) is 18.2 Å². The van der Waals surface area contributed by atoms with Crippen molar-refractivity contribution < 1.29 is 13.9 Å². The third-order valence-electron chi connectivity index (χ3n) is 2.07. The molecule has 1 aromatic heterocycles. The Morgan fingerprint density at radius 2 is 2.21 bits per heavy atom. The molecule has 0 radical (unpaired) electrons. The molecule has 2 aromatic rings. The molecular formula is C10H10FNO2. The summed E-state index contributed by atoms with van der Waals surface area (Å²) in [4.78, 5) is 0. The van der Waals surface area contributed by atoms with Crippen LogP contribution >= 0.6 is 0 Å². The summed E-state index contributed by atoms with van der Waals surface area (Å²) in [6.07, 6.45) is 0.447. The van der Waals surface area contributed by atoms with Crippen molar-refractivity contribution >= 4 is 11.0 Å². The Labute approximate surface area is 79.9 Å². The summed E-state index contributed by atoms with van der Waals surface area (Å²) in [6, 6.07) is 4.02.